The molecule has 0 bridgehead atoms. The number of nitrogens with two attached hydrogens (primary N) is 1. The Morgan fingerprint density at radius 1 is 0.930 bits per heavy atom. The highest BCUT2D eigenvalue weighted by Gasteiger charge is 2.28. The summed E-state index contributed by atoms with van der Waals surface area (Å²) >= 11 is 0. The average molecular weight is 652 g/mol. The third-order valence-electron chi connectivity index (χ3n) is 7.43. The van der Waals surface area contributed by atoms with Crippen LogP contribution in [0.4, 0.5) is 14.6 Å². The fourth-order valence-electron chi connectivity index (χ4n) is 4.97. The van der Waals surface area contributed by atoms with E-state index in [9.17, 15) is 18.2 Å². The number of imidazole rings is 1. The Balaban J connectivity index is 1.45. The van der Waals surface area contributed by atoms with Gasteiger partial charge in [0.1, 0.15) is 18.2 Å². The van der Waals surface area contributed by atoms with Gasteiger partial charge >= 0.3 is 7.60 Å². The minimum atomic E-state index is -4.07. The molecule has 3 N–H and O–H groups in total. The maximum atomic E-state index is 14.3. The van der Waals surface area contributed by atoms with Gasteiger partial charge in [-0.05, 0) is 50.7 Å². The van der Waals surface area contributed by atoms with Crippen molar-refractivity contribution in [3.63, 3.8) is 0 Å². The van der Waals surface area contributed by atoms with Gasteiger partial charge in [-0.25, -0.2) is 33.8 Å². The number of aromatic nitrogens is 4. The quantitative estimate of drug-likeness (QED) is 0.0814. The molecule has 250 valence electrons. The molecular weight excluding hydrogens is 595 g/mol. The van der Waals surface area contributed by atoms with Gasteiger partial charge in [-0.2, -0.15) is 0 Å². The second-order valence-electron chi connectivity index (χ2n) is 12.7. The van der Waals surface area contributed by atoms with Gasteiger partial charge in [-0.3, -0.25) is 4.57 Å². The molecule has 0 amide bonds. The predicted octanol–water partition coefficient (Wildman–Crippen LogP) is 8.15. The van der Waals surface area contributed by atoms with Crippen molar-refractivity contribution in [2.45, 2.75) is 122 Å². The minimum absolute atomic E-state index is 0.00683. The van der Waals surface area contributed by atoms with Crippen LogP contribution in [0.3, 0.4) is 0 Å². The van der Waals surface area contributed by atoms with Crippen molar-refractivity contribution in [1.82, 2.24) is 19.5 Å². The highest BCUT2D eigenvalue weighted by Crippen LogP contribution is 2.42. The number of unbranched alkanes of at least 4 members (excludes halogenated alkanes) is 11. The van der Waals surface area contributed by atoms with E-state index in [0.29, 0.717) is 24.1 Å². The van der Waals surface area contributed by atoms with Crippen molar-refractivity contribution in [2.24, 2.45) is 0 Å². The number of halogens is 2. The summed E-state index contributed by atoms with van der Waals surface area (Å²) in [6.45, 7) is 1.83. The van der Waals surface area contributed by atoms with E-state index in [1.54, 1.807) is 17.8 Å². The van der Waals surface area contributed by atoms with Crippen LogP contribution in [0.25, 0.3) is 11.2 Å². The lowest BCUT2D eigenvalue weighted by molar-refractivity contribution is -0.0233. The van der Waals surface area contributed by atoms with E-state index in [4.69, 9.17) is 15.0 Å². The Hall–Kier alpha value is -1.33. The second-order valence-corrected chi connectivity index (χ2v) is 19.0. The topological polar surface area (TPSA) is 125 Å². The molecule has 9 nitrogen and oxygen atoms in total. The molecule has 13 heteroatoms. The average Bonchev–Trinajstić information content (AvgIpc) is 3.33. The summed E-state index contributed by atoms with van der Waals surface area (Å²) in [5.41, 5.74) is 6.79. The van der Waals surface area contributed by atoms with Crippen molar-refractivity contribution >= 4 is 34.6 Å². The van der Waals surface area contributed by atoms with Crippen molar-refractivity contribution in [3.05, 3.63) is 12.7 Å². The third kappa shape index (κ3) is 17.1. The van der Waals surface area contributed by atoms with Crippen LogP contribution in [0.15, 0.2) is 12.7 Å². The third-order valence-corrected chi connectivity index (χ3v) is 10.0. The summed E-state index contributed by atoms with van der Waals surface area (Å²) in [5, 5.41) is 0. The zero-order chi connectivity index (χ0) is 31.8. The molecule has 2 aromatic rings. The van der Waals surface area contributed by atoms with Gasteiger partial charge in [-0.15, -0.1) is 0 Å². The van der Waals surface area contributed by atoms with E-state index in [2.05, 4.69) is 33.7 Å². The van der Waals surface area contributed by atoms with Crippen LogP contribution in [0.1, 0.15) is 103 Å². The van der Waals surface area contributed by atoms with Gasteiger partial charge < -0.3 is 24.5 Å². The first kappa shape index (κ1) is 37.9. The van der Waals surface area contributed by atoms with Crippen LogP contribution < -0.4 is 5.73 Å². The smallest absolute Gasteiger partial charge is 0.353 e. The Morgan fingerprint density at radius 3 is 2.09 bits per heavy atom. The summed E-state index contributed by atoms with van der Waals surface area (Å²) < 4.78 is 53.1. The summed E-state index contributed by atoms with van der Waals surface area (Å²) in [6.07, 6.45) is 22.4. The lowest BCUT2D eigenvalue weighted by Crippen LogP contribution is -2.18. The van der Waals surface area contributed by atoms with Crippen LogP contribution in [0, 0.1) is 0 Å². The first-order valence-corrected chi connectivity index (χ1v) is 20.6. The second kappa shape index (κ2) is 19.2. The summed E-state index contributed by atoms with van der Waals surface area (Å²) in [5.74, 6) is -1.14. The number of hydrogen-bond acceptors (Lipinski definition) is 7. The number of nitrogen functional groups attached to an aromatic ring is 1. The van der Waals surface area contributed by atoms with Gasteiger partial charge in [0, 0.05) is 12.8 Å². The molecule has 1 unspecified atom stereocenters. The van der Waals surface area contributed by atoms with Gasteiger partial charge in [-0.1, -0.05) is 64.2 Å². The van der Waals surface area contributed by atoms with Crippen LogP contribution in [0.2, 0.25) is 0 Å². The first-order valence-electron chi connectivity index (χ1n) is 15.8. The molecule has 0 aliphatic heterocycles. The molecule has 0 aliphatic rings. The molecule has 43 heavy (non-hydrogen) atoms. The zero-order valence-electron chi connectivity index (χ0n) is 26.8. The Bertz CT molecular complexity index is 1100. The van der Waals surface area contributed by atoms with Gasteiger partial charge in [0.15, 0.2) is 11.5 Å². The number of fused-ring (bicyclic) bond motifs is 1. The summed E-state index contributed by atoms with van der Waals surface area (Å²) in [7, 11) is -4.42. The van der Waals surface area contributed by atoms with Crippen molar-refractivity contribution < 1.29 is 27.5 Å². The van der Waals surface area contributed by atoms with E-state index in [0.717, 1.165) is 19.3 Å². The molecule has 0 radical (unpaired) electrons. The van der Waals surface area contributed by atoms with Crippen LogP contribution in [-0.2, 0) is 20.4 Å². The molecule has 0 aliphatic carbocycles. The molecular formula is C30H56F2N5O4PS. The van der Waals surface area contributed by atoms with Crippen LogP contribution >= 0.6 is 17.6 Å². The molecule has 2 aromatic heterocycles. The van der Waals surface area contributed by atoms with E-state index in [1.807, 2.05) is 0 Å². The molecule has 2 atom stereocenters. The number of nitrogens with zero attached hydrogens (tertiary/aromatic N) is 4. The minimum Gasteiger partial charge on any atom is -0.382 e. The zero-order valence-corrected chi connectivity index (χ0v) is 28.5. The SMILES string of the molecule is C[C@H](Cn1cnc2c(N)ncnc21)OCP(=O)(O)OCCCC(F)(F)CCCCCCCCCCCCCCS(C)(C)C. The predicted molar refractivity (Wildman–Crippen MR) is 175 cm³/mol. The molecule has 2 heterocycles. The Kier molecular flexibility index (Phi) is 16.9. The van der Waals surface area contributed by atoms with Crippen LogP contribution in [0.5, 0.6) is 0 Å². The molecule has 0 fully saturated rings. The van der Waals surface area contributed by atoms with E-state index < -0.39 is 26.0 Å². The molecule has 0 aromatic carbocycles. The Morgan fingerprint density at radius 2 is 1.49 bits per heavy atom. The maximum absolute atomic E-state index is 14.3. The number of hydrogen-bond donors (Lipinski definition) is 2. The molecule has 0 saturated heterocycles. The maximum Gasteiger partial charge on any atom is 0.353 e. The Labute approximate surface area is 259 Å². The highest BCUT2D eigenvalue weighted by molar-refractivity contribution is 8.32. The van der Waals surface area contributed by atoms with E-state index >= 15 is 0 Å². The fraction of sp³-hybridized carbons (Fsp3) is 0.833. The largest absolute Gasteiger partial charge is 0.382 e. The number of alkyl halides is 2. The lowest BCUT2D eigenvalue weighted by atomic mass is 10.0. The van der Waals surface area contributed by atoms with Crippen molar-refractivity contribution in [3.8, 4) is 0 Å². The molecule has 0 spiro atoms. The van der Waals surface area contributed by atoms with Crippen molar-refractivity contribution in [1.29, 1.82) is 0 Å². The normalized spacial score (nSPS) is 15.1. The van der Waals surface area contributed by atoms with Gasteiger partial charge in [0.05, 0.1) is 25.6 Å². The summed E-state index contributed by atoms with van der Waals surface area (Å²) in [6, 6.07) is 0. The number of ether oxygens (including phenoxy) is 1. The highest BCUT2D eigenvalue weighted by atomic mass is 32.3. The monoisotopic (exact) mass is 651 g/mol. The van der Waals surface area contributed by atoms with Crippen molar-refractivity contribution in [2.75, 3.05) is 43.2 Å². The van der Waals surface area contributed by atoms with Crippen LogP contribution in [-0.4, -0.2) is 73.9 Å². The van der Waals surface area contributed by atoms with E-state index in [1.165, 1.54) is 63.4 Å². The van der Waals surface area contributed by atoms with Gasteiger partial charge in [0.25, 0.3) is 0 Å². The standard InChI is InChI=1S/C30H56F2N5O4PS/c1-26(22-37-24-36-27-28(33)34-23-35-29(27)37)40-25-42(38,39)41-20-17-19-30(31,32)18-15-13-11-9-7-5-6-8-10-12-14-16-21-43(2,3)4/h23-24,26H,5-22,25H2,1-4H3,(H,38,39)(H2,33,34,35)/t26-/m1/s1. The van der Waals surface area contributed by atoms with Gasteiger partial charge in [0.2, 0.25) is 5.92 Å². The van der Waals surface area contributed by atoms with E-state index in [-0.39, 0.29) is 41.7 Å². The molecule has 2 rings (SSSR count). The number of anilines is 1. The number of rotatable bonds is 25. The first-order chi connectivity index (χ1) is 20.3. The summed E-state index contributed by atoms with van der Waals surface area (Å²) in [4.78, 5) is 22.3. The molecule has 0 saturated carbocycles. The lowest BCUT2D eigenvalue weighted by Gasteiger charge is -2.24. The fourth-order valence-corrected chi connectivity index (χ4v) is 6.97.